The topological polar surface area (TPSA) is 65.2 Å². The number of benzene rings is 1. The molecule has 0 saturated carbocycles. The molecule has 0 atom stereocenters. The summed E-state index contributed by atoms with van der Waals surface area (Å²) in [7, 11) is 0. The lowest BCUT2D eigenvalue weighted by atomic mass is 10.2. The van der Waals surface area contributed by atoms with Gasteiger partial charge in [-0.3, -0.25) is 9.59 Å². The maximum Gasteiger partial charge on any atom is 0.267 e. The van der Waals surface area contributed by atoms with Crippen LogP contribution in [0.2, 0.25) is 0 Å². The van der Waals surface area contributed by atoms with Gasteiger partial charge in [0.2, 0.25) is 5.91 Å². The summed E-state index contributed by atoms with van der Waals surface area (Å²) in [6, 6.07) is 7.97. The zero-order chi connectivity index (χ0) is 16.9. The number of H-pyrrole nitrogens is 1. The first kappa shape index (κ1) is 16.6. The van der Waals surface area contributed by atoms with Crippen LogP contribution >= 0.6 is 0 Å². The first-order chi connectivity index (χ1) is 11.6. The van der Waals surface area contributed by atoms with E-state index in [2.05, 4.69) is 10.3 Å². The molecule has 2 N–H and O–H groups in total. The fourth-order valence-corrected chi connectivity index (χ4v) is 3.21. The molecule has 2 heterocycles. The molecule has 5 nitrogen and oxygen atoms in total. The molecule has 0 unspecified atom stereocenters. The molecule has 1 aromatic heterocycles. The maximum absolute atomic E-state index is 12.2. The highest BCUT2D eigenvalue weighted by Gasteiger charge is 2.16. The van der Waals surface area contributed by atoms with E-state index in [0.717, 1.165) is 49.7 Å². The van der Waals surface area contributed by atoms with Gasteiger partial charge in [-0.1, -0.05) is 18.6 Å². The molecular formula is C19H25N3O2. The quantitative estimate of drug-likeness (QED) is 0.829. The maximum atomic E-state index is 12.2. The lowest BCUT2D eigenvalue weighted by molar-refractivity contribution is -0.130. The van der Waals surface area contributed by atoms with E-state index in [9.17, 15) is 9.59 Å². The van der Waals surface area contributed by atoms with Crippen LogP contribution in [0.3, 0.4) is 0 Å². The van der Waals surface area contributed by atoms with Crippen molar-refractivity contribution in [1.82, 2.24) is 15.2 Å². The molecule has 128 valence electrons. The molecule has 5 heteroatoms. The Balaban J connectivity index is 1.48. The van der Waals surface area contributed by atoms with E-state index in [1.165, 1.54) is 5.56 Å². The van der Waals surface area contributed by atoms with Crippen molar-refractivity contribution in [3.05, 3.63) is 35.5 Å². The Hall–Kier alpha value is -2.30. The van der Waals surface area contributed by atoms with Crippen molar-refractivity contribution >= 4 is 22.7 Å². The number of aromatic amines is 1. The zero-order valence-electron chi connectivity index (χ0n) is 14.2. The molecule has 3 rings (SSSR count). The van der Waals surface area contributed by atoms with Crippen LogP contribution in [0.1, 0.15) is 48.2 Å². The highest BCUT2D eigenvalue weighted by molar-refractivity contribution is 5.98. The number of nitrogens with zero attached hydrogens (tertiary/aromatic N) is 1. The van der Waals surface area contributed by atoms with Crippen LogP contribution in [0, 0.1) is 6.92 Å². The predicted octanol–water partition coefficient (Wildman–Crippen LogP) is 3.00. The number of carbonyl (C=O) groups excluding carboxylic acids is 2. The van der Waals surface area contributed by atoms with Crippen molar-refractivity contribution in [3.8, 4) is 0 Å². The molecule has 1 aliphatic rings. The van der Waals surface area contributed by atoms with Crippen LogP contribution in [-0.4, -0.2) is 41.3 Å². The predicted molar refractivity (Wildman–Crippen MR) is 95.0 cm³/mol. The Morgan fingerprint density at radius 2 is 2.12 bits per heavy atom. The molecule has 24 heavy (non-hydrogen) atoms. The molecule has 1 saturated heterocycles. The molecular weight excluding hydrogens is 302 g/mol. The molecule has 0 spiro atoms. The third-order valence-corrected chi connectivity index (χ3v) is 4.58. The monoisotopic (exact) mass is 327 g/mol. The van der Waals surface area contributed by atoms with Gasteiger partial charge in [0.25, 0.3) is 5.91 Å². The Morgan fingerprint density at radius 1 is 1.25 bits per heavy atom. The fourth-order valence-electron chi connectivity index (χ4n) is 3.21. The van der Waals surface area contributed by atoms with E-state index >= 15 is 0 Å². The second-order valence-electron chi connectivity index (χ2n) is 6.57. The van der Waals surface area contributed by atoms with Crippen molar-refractivity contribution in [1.29, 1.82) is 0 Å². The van der Waals surface area contributed by atoms with E-state index in [4.69, 9.17) is 0 Å². The first-order valence-electron chi connectivity index (χ1n) is 8.79. The number of hydrogen-bond acceptors (Lipinski definition) is 2. The highest BCUT2D eigenvalue weighted by Crippen LogP contribution is 2.17. The minimum absolute atomic E-state index is 0.0916. The van der Waals surface area contributed by atoms with E-state index in [1.807, 2.05) is 36.1 Å². The summed E-state index contributed by atoms with van der Waals surface area (Å²) < 4.78 is 0. The number of aromatic nitrogens is 1. The number of carbonyl (C=O) groups is 2. The number of hydrogen-bond donors (Lipinski definition) is 2. The van der Waals surface area contributed by atoms with E-state index in [1.54, 1.807) is 0 Å². The van der Waals surface area contributed by atoms with E-state index in [0.29, 0.717) is 18.7 Å². The lowest BCUT2D eigenvalue weighted by Crippen LogP contribution is -2.34. The van der Waals surface area contributed by atoms with Gasteiger partial charge in [0.15, 0.2) is 0 Å². The Morgan fingerprint density at radius 3 is 3.00 bits per heavy atom. The standard InChI is InChI=1S/C19H25N3O2/c1-14-7-8-15-13-17(21-16(15)12-14)19(24)20-9-5-11-22-10-4-2-3-6-18(22)23/h7-8,12-13,21H,2-6,9-11H2,1H3,(H,20,24). The molecule has 2 aromatic rings. The summed E-state index contributed by atoms with van der Waals surface area (Å²) in [6.07, 6.45) is 4.69. The molecule has 1 aliphatic heterocycles. The third-order valence-electron chi connectivity index (χ3n) is 4.58. The number of nitrogens with one attached hydrogen (secondary N) is 2. The molecule has 1 aromatic carbocycles. The average molecular weight is 327 g/mol. The summed E-state index contributed by atoms with van der Waals surface area (Å²) in [4.78, 5) is 29.3. The van der Waals surface area contributed by atoms with Gasteiger partial charge >= 0.3 is 0 Å². The Kier molecular flexibility index (Phi) is 5.18. The lowest BCUT2D eigenvalue weighted by Gasteiger charge is -2.20. The van der Waals surface area contributed by atoms with Crippen molar-refractivity contribution in [3.63, 3.8) is 0 Å². The van der Waals surface area contributed by atoms with Gasteiger partial charge in [0.1, 0.15) is 5.69 Å². The molecule has 0 radical (unpaired) electrons. The Labute approximate surface area is 142 Å². The second-order valence-corrected chi connectivity index (χ2v) is 6.57. The summed E-state index contributed by atoms with van der Waals surface area (Å²) in [5.74, 6) is 0.163. The van der Waals surface area contributed by atoms with Gasteiger partial charge in [-0.25, -0.2) is 0 Å². The number of amides is 2. The second kappa shape index (κ2) is 7.51. The first-order valence-corrected chi connectivity index (χ1v) is 8.79. The number of rotatable bonds is 5. The Bertz CT molecular complexity index is 735. The molecule has 2 amide bonds. The van der Waals surface area contributed by atoms with Crippen LogP contribution < -0.4 is 5.32 Å². The van der Waals surface area contributed by atoms with Crippen molar-refractivity contribution in [2.24, 2.45) is 0 Å². The van der Waals surface area contributed by atoms with Crippen LogP contribution in [0.15, 0.2) is 24.3 Å². The van der Waals surface area contributed by atoms with Crippen LogP contribution in [0.25, 0.3) is 10.9 Å². The average Bonchev–Trinajstić information content (AvgIpc) is 2.88. The van der Waals surface area contributed by atoms with Gasteiger partial charge in [0.05, 0.1) is 0 Å². The highest BCUT2D eigenvalue weighted by atomic mass is 16.2. The summed E-state index contributed by atoms with van der Waals surface area (Å²) >= 11 is 0. The SMILES string of the molecule is Cc1ccc2cc(C(=O)NCCCN3CCCCCC3=O)[nH]c2c1. The largest absolute Gasteiger partial charge is 0.351 e. The van der Waals surface area contributed by atoms with Gasteiger partial charge in [0, 0.05) is 37.0 Å². The fraction of sp³-hybridized carbons (Fsp3) is 0.474. The van der Waals surface area contributed by atoms with Gasteiger partial charge in [-0.15, -0.1) is 0 Å². The third kappa shape index (κ3) is 3.96. The molecule has 1 fully saturated rings. The van der Waals surface area contributed by atoms with Crippen LogP contribution in [0.4, 0.5) is 0 Å². The summed E-state index contributed by atoms with van der Waals surface area (Å²) in [5.41, 5.74) is 2.73. The van der Waals surface area contributed by atoms with E-state index < -0.39 is 0 Å². The number of aryl methyl sites for hydroxylation is 1. The van der Waals surface area contributed by atoms with Gasteiger partial charge < -0.3 is 15.2 Å². The van der Waals surface area contributed by atoms with Crippen molar-refractivity contribution < 1.29 is 9.59 Å². The van der Waals surface area contributed by atoms with Gasteiger partial charge in [-0.2, -0.15) is 0 Å². The molecule has 0 bridgehead atoms. The molecule has 0 aliphatic carbocycles. The van der Waals surface area contributed by atoms with E-state index in [-0.39, 0.29) is 11.8 Å². The zero-order valence-corrected chi connectivity index (χ0v) is 14.2. The van der Waals surface area contributed by atoms with Crippen LogP contribution in [-0.2, 0) is 4.79 Å². The normalized spacial score (nSPS) is 15.5. The summed E-state index contributed by atoms with van der Waals surface area (Å²) in [6.45, 7) is 4.19. The smallest absolute Gasteiger partial charge is 0.267 e. The number of likely N-dealkylation sites (tertiary alicyclic amines) is 1. The van der Waals surface area contributed by atoms with Gasteiger partial charge in [-0.05, 0) is 43.9 Å². The minimum atomic E-state index is -0.0916. The van der Waals surface area contributed by atoms with Crippen molar-refractivity contribution in [2.45, 2.75) is 39.0 Å². The van der Waals surface area contributed by atoms with Crippen molar-refractivity contribution in [2.75, 3.05) is 19.6 Å². The van der Waals surface area contributed by atoms with Crippen LogP contribution in [0.5, 0.6) is 0 Å². The number of fused-ring (bicyclic) bond motifs is 1. The minimum Gasteiger partial charge on any atom is -0.351 e. The summed E-state index contributed by atoms with van der Waals surface area (Å²) in [5, 5.41) is 3.98.